The lowest BCUT2D eigenvalue weighted by atomic mass is 10.1. The van der Waals surface area contributed by atoms with Gasteiger partial charge < -0.3 is 0 Å². The molecule has 0 unspecified atom stereocenters. The predicted molar refractivity (Wildman–Crippen MR) is 132 cm³/mol. The van der Waals surface area contributed by atoms with Gasteiger partial charge in [-0.15, -0.1) is 11.3 Å². The Morgan fingerprint density at radius 2 is 1.52 bits per heavy atom. The van der Waals surface area contributed by atoms with Gasteiger partial charge in [-0.05, 0) is 55.5 Å². The van der Waals surface area contributed by atoms with Crippen LogP contribution in [0.2, 0.25) is 0 Å². The standard InChI is InChI=1S/C25H16BrN3O3S/c1-14-21(15-6-10-17(26)11-7-15)27-25(33-14)28-22(30)16-8-12-18(13-9-16)29-23(31)19-4-2-3-5-20(19)24(29)32/h2-13H,1H3,(H,27,28,30). The number of anilines is 2. The van der Waals surface area contributed by atoms with Crippen molar-refractivity contribution in [3.05, 3.63) is 98.8 Å². The monoisotopic (exact) mass is 517 g/mol. The second kappa shape index (κ2) is 8.38. The first-order chi connectivity index (χ1) is 15.9. The number of fused-ring (bicyclic) bond motifs is 1. The number of aryl methyl sites for hydroxylation is 1. The van der Waals surface area contributed by atoms with Crippen molar-refractivity contribution in [1.29, 1.82) is 0 Å². The summed E-state index contributed by atoms with van der Waals surface area (Å²) in [7, 11) is 0. The van der Waals surface area contributed by atoms with Gasteiger partial charge in [0.05, 0.1) is 22.5 Å². The van der Waals surface area contributed by atoms with Crippen molar-refractivity contribution in [2.45, 2.75) is 6.92 Å². The number of amides is 3. The molecule has 3 amide bonds. The summed E-state index contributed by atoms with van der Waals surface area (Å²) in [4.78, 5) is 44.8. The van der Waals surface area contributed by atoms with E-state index in [4.69, 9.17) is 0 Å². The molecule has 0 atom stereocenters. The molecule has 3 aromatic carbocycles. The number of imide groups is 1. The Morgan fingerprint density at radius 1 is 0.909 bits per heavy atom. The number of halogens is 1. The van der Waals surface area contributed by atoms with E-state index >= 15 is 0 Å². The van der Waals surface area contributed by atoms with Gasteiger partial charge in [0, 0.05) is 20.5 Å². The van der Waals surface area contributed by atoms with Gasteiger partial charge in [0.2, 0.25) is 0 Å². The van der Waals surface area contributed by atoms with E-state index in [2.05, 4.69) is 26.2 Å². The molecule has 1 aliphatic rings. The van der Waals surface area contributed by atoms with Gasteiger partial charge in [-0.1, -0.05) is 40.2 Å². The van der Waals surface area contributed by atoms with Crippen LogP contribution in [0.15, 0.2) is 77.3 Å². The summed E-state index contributed by atoms with van der Waals surface area (Å²) >= 11 is 4.83. The number of aromatic nitrogens is 1. The van der Waals surface area contributed by atoms with Crippen LogP contribution >= 0.6 is 27.3 Å². The maximum Gasteiger partial charge on any atom is 0.266 e. The van der Waals surface area contributed by atoms with Crippen LogP contribution < -0.4 is 10.2 Å². The molecule has 0 saturated heterocycles. The normalized spacial score (nSPS) is 12.7. The Labute approximate surface area is 202 Å². The lowest BCUT2D eigenvalue weighted by Gasteiger charge is -2.14. The minimum absolute atomic E-state index is 0.319. The molecule has 4 aromatic rings. The molecule has 0 aliphatic carbocycles. The molecule has 162 valence electrons. The third kappa shape index (κ3) is 3.88. The van der Waals surface area contributed by atoms with Crippen LogP contribution in [-0.2, 0) is 0 Å². The SMILES string of the molecule is Cc1sc(NC(=O)c2ccc(N3C(=O)c4ccccc4C3=O)cc2)nc1-c1ccc(Br)cc1. The van der Waals surface area contributed by atoms with Crippen molar-refractivity contribution in [1.82, 2.24) is 4.98 Å². The molecule has 5 rings (SSSR count). The van der Waals surface area contributed by atoms with E-state index in [9.17, 15) is 14.4 Å². The molecule has 6 nitrogen and oxygen atoms in total. The third-order valence-corrected chi connectivity index (χ3v) is 6.73. The molecule has 8 heteroatoms. The second-order valence-electron chi connectivity index (χ2n) is 7.42. The summed E-state index contributed by atoms with van der Waals surface area (Å²) in [6.07, 6.45) is 0. The summed E-state index contributed by atoms with van der Waals surface area (Å²) in [5.41, 5.74) is 3.37. The minimum Gasteiger partial charge on any atom is -0.298 e. The van der Waals surface area contributed by atoms with Gasteiger partial charge in [-0.3, -0.25) is 19.7 Å². The second-order valence-corrected chi connectivity index (χ2v) is 9.54. The summed E-state index contributed by atoms with van der Waals surface area (Å²) in [5.74, 6) is -1.06. The highest BCUT2D eigenvalue weighted by molar-refractivity contribution is 9.10. The molecular weight excluding hydrogens is 502 g/mol. The average molecular weight is 518 g/mol. The van der Waals surface area contributed by atoms with Crippen molar-refractivity contribution >= 4 is 55.8 Å². The number of rotatable bonds is 4. The number of nitrogens with one attached hydrogen (secondary N) is 1. The molecule has 0 bridgehead atoms. The predicted octanol–water partition coefficient (Wildman–Crippen LogP) is 5.93. The number of hydrogen-bond donors (Lipinski definition) is 1. The molecule has 1 aliphatic heterocycles. The Bertz CT molecular complexity index is 1380. The fourth-order valence-electron chi connectivity index (χ4n) is 3.68. The van der Waals surface area contributed by atoms with Gasteiger partial charge in [0.25, 0.3) is 17.7 Å². The fourth-order valence-corrected chi connectivity index (χ4v) is 4.78. The smallest absolute Gasteiger partial charge is 0.266 e. The molecule has 1 N–H and O–H groups in total. The zero-order valence-corrected chi connectivity index (χ0v) is 19.7. The number of benzene rings is 3. The van der Waals surface area contributed by atoms with Crippen molar-refractivity contribution in [3.63, 3.8) is 0 Å². The number of carbonyl (C=O) groups is 3. The van der Waals surface area contributed by atoms with Crippen LogP contribution in [0.25, 0.3) is 11.3 Å². The molecule has 0 spiro atoms. The van der Waals surface area contributed by atoms with Crippen LogP contribution in [-0.4, -0.2) is 22.7 Å². The highest BCUT2D eigenvalue weighted by Gasteiger charge is 2.36. The lowest BCUT2D eigenvalue weighted by Crippen LogP contribution is -2.29. The van der Waals surface area contributed by atoms with Gasteiger partial charge in [0.1, 0.15) is 0 Å². The lowest BCUT2D eigenvalue weighted by molar-refractivity contribution is 0.0925. The first-order valence-electron chi connectivity index (χ1n) is 10.0. The number of hydrogen-bond acceptors (Lipinski definition) is 5. The fraction of sp³-hybridized carbons (Fsp3) is 0.0400. The van der Waals surface area contributed by atoms with Crippen LogP contribution in [0.1, 0.15) is 36.0 Å². The Hall–Kier alpha value is -3.62. The number of carbonyl (C=O) groups excluding carboxylic acids is 3. The molecule has 0 saturated carbocycles. The molecule has 0 radical (unpaired) electrons. The van der Waals surface area contributed by atoms with Crippen LogP contribution in [0, 0.1) is 6.92 Å². The average Bonchev–Trinajstić information content (AvgIpc) is 3.31. The first kappa shape index (κ1) is 21.2. The first-order valence-corrected chi connectivity index (χ1v) is 11.7. The van der Waals surface area contributed by atoms with E-state index in [1.165, 1.54) is 11.3 Å². The van der Waals surface area contributed by atoms with Gasteiger partial charge in [-0.2, -0.15) is 0 Å². The van der Waals surface area contributed by atoms with Crippen molar-refractivity contribution < 1.29 is 14.4 Å². The highest BCUT2D eigenvalue weighted by atomic mass is 79.9. The van der Waals surface area contributed by atoms with Crippen LogP contribution in [0.4, 0.5) is 10.8 Å². The van der Waals surface area contributed by atoms with Crippen LogP contribution in [0.3, 0.4) is 0 Å². The Morgan fingerprint density at radius 3 is 2.12 bits per heavy atom. The Balaban J connectivity index is 1.33. The van der Waals surface area contributed by atoms with E-state index in [0.717, 1.165) is 25.5 Å². The summed E-state index contributed by atoms with van der Waals surface area (Å²) in [6, 6.07) is 20.9. The zero-order chi connectivity index (χ0) is 23.1. The molecular formula is C25H16BrN3O3S. The maximum absolute atomic E-state index is 12.8. The zero-order valence-electron chi connectivity index (χ0n) is 17.3. The van der Waals surface area contributed by atoms with Gasteiger partial charge in [0.15, 0.2) is 5.13 Å². The summed E-state index contributed by atoms with van der Waals surface area (Å²) in [6.45, 7) is 1.96. The van der Waals surface area contributed by atoms with Crippen LogP contribution in [0.5, 0.6) is 0 Å². The van der Waals surface area contributed by atoms with Gasteiger partial charge in [-0.25, -0.2) is 9.88 Å². The molecule has 2 heterocycles. The summed E-state index contributed by atoms with van der Waals surface area (Å²) in [5, 5.41) is 3.33. The number of thiazole rings is 1. The van der Waals surface area contributed by atoms with E-state index in [1.807, 2.05) is 31.2 Å². The minimum atomic E-state index is -0.369. The number of nitrogens with zero attached hydrogens (tertiary/aromatic N) is 2. The molecule has 0 fully saturated rings. The third-order valence-electron chi connectivity index (χ3n) is 5.32. The van der Waals surface area contributed by atoms with E-state index in [-0.39, 0.29) is 17.7 Å². The van der Waals surface area contributed by atoms with E-state index < -0.39 is 0 Å². The molecule has 33 heavy (non-hydrogen) atoms. The van der Waals surface area contributed by atoms with Crippen molar-refractivity contribution in [2.24, 2.45) is 0 Å². The van der Waals surface area contributed by atoms with Crippen molar-refractivity contribution in [3.8, 4) is 11.3 Å². The topological polar surface area (TPSA) is 79.4 Å². The van der Waals surface area contributed by atoms with Gasteiger partial charge >= 0.3 is 0 Å². The maximum atomic E-state index is 12.8. The quantitative estimate of drug-likeness (QED) is 0.340. The largest absolute Gasteiger partial charge is 0.298 e. The molecule has 1 aromatic heterocycles. The van der Waals surface area contributed by atoms with Crippen molar-refractivity contribution in [2.75, 3.05) is 10.2 Å². The summed E-state index contributed by atoms with van der Waals surface area (Å²) < 4.78 is 0.984. The Kier molecular flexibility index (Phi) is 5.39. The van der Waals surface area contributed by atoms with E-state index in [1.54, 1.807) is 48.5 Å². The highest BCUT2D eigenvalue weighted by Crippen LogP contribution is 2.32. The van der Waals surface area contributed by atoms with E-state index in [0.29, 0.717) is 27.5 Å².